The van der Waals surface area contributed by atoms with Gasteiger partial charge >= 0.3 is 5.97 Å². The Morgan fingerprint density at radius 1 is 1.10 bits per heavy atom. The summed E-state index contributed by atoms with van der Waals surface area (Å²) in [6.45, 7) is 1.84. The first kappa shape index (κ1) is 27.4. The molecule has 0 saturated carbocycles. The number of carbonyl (C=O) groups excluding carboxylic acids is 1. The van der Waals surface area contributed by atoms with Gasteiger partial charge in [-0.05, 0) is 48.4 Å². The summed E-state index contributed by atoms with van der Waals surface area (Å²) in [6.07, 6.45) is 1.68. The number of methoxy groups -OCH3 is 2. The molecule has 5 rings (SSSR count). The van der Waals surface area contributed by atoms with Crippen molar-refractivity contribution >= 4 is 40.7 Å². The van der Waals surface area contributed by atoms with Crippen LogP contribution >= 0.6 is 22.9 Å². The third-order valence-electron chi connectivity index (χ3n) is 6.31. The van der Waals surface area contributed by atoms with E-state index in [9.17, 15) is 14.0 Å². The molecule has 3 aromatic carbocycles. The minimum atomic E-state index is -0.901. The summed E-state index contributed by atoms with van der Waals surface area (Å²) < 4.78 is 31.9. The molecule has 0 bridgehead atoms. The topological polar surface area (TPSA) is 79.1 Å². The van der Waals surface area contributed by atoms with E-state index in [4.69, 9.17) is 30.8 Å². The van der Waals surface area contributed by atoms with Gasteiger partial charge in [-0.25, -0.2) is 14.2 Å². The quantitative estimate of drug-likeness (QED) is 0.296. The van der Waals surface area contributed by atoms with Gasteiger partial charge in [0.1, 0.15) is 5.82 Å². The molecular weight excluding hydrogens is 555 g/mol. The average molecular weight is 579 g/mol. The molecule has 0 aliphatic carbocycles. The van der Waals surface area contributed by atoms with Crippen LogP contribution in [-0.4, -0.2) is 31.4 Å². The second-order valence-electron chi connectivity index (χ2n) is 8.72. The van der Waals surface area contributed by atoms with E-state index in [2.05, 4.69) is 0 Å². The number of nitrogens with zero attached hydrogens (tertiary/aromatic N) is 2. The van der Waals surface area contributed by atoms with Crippen molar-refractivity contribution in [3.05, 3.63) is 120 Å². The summed E-state index contributed by atoms with van der Waals surface area (Å²) >= 11 is 7.56. The Balaban J connectivity index is 1.81. The van der Waals surface area contributed by atoms with Crippen LogP contribution < -0.4 is 24.4 Å². The lowest BCUT2D eigenvalue weighted by Crippen LogP contribution is -2.40. The molecule has 0 amide bonds. The van der Waals surface area contributed by atoms with E-state index in [0.29, 0.717) is 48.2 Å². The number of fused-ring (bicyclic) bond motifs is 1. The molecule has 7 nitrogen and oxygen atoms in total. The van der Waals surface area contributed by atoms with Crippen LogP contribution in [0.3, 0.4) is 0 Å². The molecule has 204 valence electrons. The fourth-order valence-electron chi connectivity index (χ4n) is 4.57. The van der Waals surface area contributed by atoms with Gasteiger partial charge in [-0.15, -0.1) is 0 Å². The Morgan fingerprint density at radius 2 is 1.82 bits per heavy atom. The van der Waals surface area contributed by atoms with Crippen LogP contribution in [0.4, 0.5) is 4.39 Å². The Labute approximate surface area is 238 Å². The average Bonchev–Trinajstić information content (AvgIpc) is 3.27. The SMILES string of the molecule is CCOC(=O)C1=C(c2ccccc2)N=c2sc(=Cc3cc(Cl)c(OC)c(OC)c3)c(=O)n2C1c1ccc(F)cc1. The van der Waals surface area contributed by atoms with E-state index >= 15 is 0 Å². The second-order valence-corrected chi connectivity index (χ2v) is 10.1. The molecular formula is C30H24ClFN2O5S. The van der Waals surface area contributed by atoms with Crippen LogP contribution in [0.5, 0.6) is 11.5 Å². The zero-order valence-corrected chi connectivity index (χ0v) is 23.4. The summed E-state index contributed by atoms with van der Waals surface area (Å²) in [4.78, 5) is 32.6. The lowest BCUT2D eigenvalue weighted by molar-refractivity contribution is -0.138. The van der Waals surface area contributed by atoms with Crippen molar-refractivity contribution in [1.82, 2.24) is 4.57 Å². The minimum Gasteiger partial charge on any atom is -0.493 e. The van der Waals surface area contributed by atoms with Crippen molar-refractivity contribution in [3.8, 4) is 11.5 Å². The van der Waals surface area contributed by atoms with Crippen molar-refractivity contribution in [3.63, 3.8) is 0 Å². The first-order chi connectivity index (χ1) is 19.4. The number of hydrogen-bond donors (Lipinski definition) is 0. The molecule has 1 aromatic heterocycles. The number of thiazole rings is 1. The Morgan fingerprint density at radius 3 is 2.48 bits per heavy atom. The molecule has 1 atom stereocenters. The van der Waals surface area contributed by atoms with Gasteiger partial charge in [0.25, 0.3) is 5.56 Å². The van der Waals surface area contributed by atoms with Gasteiger partial charge in [-0.2, -0.15) is 0 Å². The maximum Gasteiger partial charge on any atom is 0.338 e. The molecule has 0 saturated heterocycles. The zero-order valence-electron chi connectivity index (χ0n) is 21.8. The highest BCUT2D eigenvalue weighted by molar-refractivity contribution is 7.07. The molecule has 0 N–H and O–H groups in total. The van der Waals surface area contributed by atoms with Crippen molar-refractivity contribution < 1.29 is 23.4 Å². The number of rotatable bonds is 7. The number of esters is 1. The fourth-order valence-corrected chi connectivity index (χ4v) is 5.87. The van der Waals surface area contributed by atoms with E-state index in [1.807, 2.05) is 30.3 Å². The predicted octanol–water partition coefficient (Wildman–Crippen LogP) is 4.75. The highest BCUT2D eigenvalue weighted by atomic mass is 35.5. The molecule has 0 fully saturated rings. The molecule has 0 spiro atoms. The number of carbonyl (C=O) groups is 1. The van der Waals surface area contributed by atoms with E-state index < -0.39 is 17.8 Å². The predicted molar refractivity (Wildman–Crippen MR) is 152 cm³/mol. The third kappa shape index (κ3) is 5.05. The van der Waals surface area contributed by atoms with Gasteiger partial charge in [0.05, 0.1) is 47.7 Å². The summed E-state index contributed by atoms with van der Waals surface area (Å²) in [6, 6.07) is 17.4. The highest BCUT2D eigenvalue weighted by Gasteiger charge is 2.35. The minimum absolute atomic E-state index is 0.130. The van der Waals surface area contributed by atoms with Gasteiger partial charge in [-0.1, -0.05) is 65.4 Å². The number of benzene rings is 3. The third-order valence-corrected chi connectivity index (χ3v) is 7.58. The van der Waals surface area contributed by atoms with Gasteiger partial charge in [0, 0.05) is 5.56 Å². The standard InChI is InChI=1S/C30H24ClFN2O5S/c1-4-39-29(36)24-25(18-8-6-5-7-9-18)33-30-34(26(24)19-10-12-20(32)13-11-19)28(35)23(40-30)16-17-14-21(31)27(38-3)22(15-17)37-2/h5-16,26H,4H2,1-3H3. The lowest BCUT2D eigenvalue weighted by atomic mass is 9.93. The fraction of sp³-hybridized carbons (Fsp3) is 0.167. The monoisotopic (exact) mass is 578 g/mol. The van der Waals surface area contributed by atoms with Crippen LogP contribution in [0, 0.1) is 5.82 Å². The highest BCUT2D eigenvalue weighted by Crippen LogP contribution is 2.37. The van der Waals surface area contributed by atoms with E-state index in [-0.39, 0.29) is 17.7 Å². The lowest BCUT2D eigenvalue weighted by Gasteiger charge is -2.25. The summed E-state index contributed by atoms with van der Waals surface area (Å²) in [5.41, 5.74) is 2.02. The Bertz CT molecular complexity index is 1800. The maximum atomic E-state index is 13.9. The number of ether oxygens (including phenoxy) is 3. The number of hydrogen-bond acceptors (Lipinski definition) is 7. The normalized spacial score (nSPS) is 14.9. The van der Waals surface area contributed by atoms with Crippen molar-refractivity contribution in [2.75, 3.05) is 20.8 Å². The van der Waals surface area contributed by atoms with E-state index in [1.165, 1.54) is 42.3 Å². The Kier molecular flexibility index (Phi) is 7.86. The van der Waals surface area contributed by atoms with Crippen LogP contribution in [0.1, 0.15) is 29.7 Å². The van der Waals surface area contributed by atoms with Crippen LogP contribution in [-0.2, 0) is 9.53 Å². The largest absolute Gasteiger partial charge is 0.493 e. The summed E-state index contributed by atoms with van der Waals surface area (Å²) in [5, 5.41) is 0.320. The molecule has 10 heteroatoms. The molecule has 2 heterocycles. The maximum absolute atomic E-state index is 13.9. The number of aromatic nitrogens is 1. The summed E-state index contributed by atoms with van der Waals surface area (Å²) in [5.74, 6) is -0.258. The Hall–Kier alpha value is -4.21. The van der Waals surface area contributed by atoms with Gasteiger partial charge in [0.15, 0.2) is 16.3 Å². The summed E-state index contributed by atoms with van der Waals surface area (Å²) in [7, 11) is 2.99. The van der Waals surface area contributed by atoms with Gasteiger partial charge in [-0.3, -0.25) is 9.36 Å². The first-order valence-corrected chi connectivity index (χ1v) is 13.5. The molecule has 1 aliphatic heterocycles. The van der Waals surface area contributed by atoms with Crippen LogP contribution in [0.25, 0.3) is 11.8 Å². The molecule has 0 radical (unpaired) electrons. The van der Waals surface area contributed by atoms with Crippen molar-refractivity contribution in [2.45, 2.75) is 13.0 Å². The molecule has 1 aliphatic rings. The van der Waals surface area contributed by atoms with Gasteiger partial charge in [0.2, 0.25) is 0 Å². The zero-order chi connectivity index (χ0) is 28.4. The number of halogens is 2. The smallest absolute Gasteiger partial charge is 0.338 e. The molecule has 40 heavy (non-hydrogen) atoms. The molecule has 4 aromatic rings. The van der Waals surface area contributed by atoms with Crippen molar-refractivity contribution in [1.29, 1.82) is 0 Å². The first-order valence-electron chi connectivity index (χ1n) is 12.3. The van der Waals surface area contributed by atoms with Crippen LogP contribution in [0.2, 0.25) is 5.02 Å². The second kappa shape index (κ2) is 11.5. The van der Waals surface area contributed by atoms with Crippen molar-refractivity contribution in [2.24, 2.45) is 4.99 Å². The van der Waals surface area contributed by atoms with E-state index in [1.54, 1.807) is 37.3 Å². The van der Waals surface area contributed by atoms with Crippen LogP contribution in [0.15, 0.2) is 82.1 Å². The van der Waals surface area contributed by atoms with E-state index in [0.717, 1.165) is 0 Å². The van der Waals surface area contributed by atoms with Gasteiger partial charge < -0.3 is 14.2 Å². The molecule has 1 unspecified atom stereocenters.